The first-order chi connectivity index (χ1) is 23.0. The molecule has 0 saturated carbocycles. The van der Waals surface area contributed by atoms with E-state index in [4.69, 9.17) is 25.1 Å². The predicted molar refractivity (Wildman–Crippen MR) is 171 cm³/mol. The van der Waals surface area contributed by atoms with Crippen molar-refractivity contribution < 1.29 is 43.2 Å². The molecule has 6 unspecified atom stereocenters. The van der Waals surface area contributed by atoms with Crippen LogP contribution in [0.25, 0.3) is 0 Å². The second kappa shape index (κ2) is 19.6. The number of nitrogens with one attached hydrogen (secondary N) is 3. The third kappa shape index (κ3) is 12.4. The number of primary amides is 1. The van der Waals surface area contributed by atoms with Crippen molar-refractivity contribution in [3.8, 4) is 0 Å². The molecule has 6 atom stereocenters. The number of hydrogen-bond acceptors (Lipinski definition) is 10. The van der Waals surface area contributed by atoms with Crippen LogP contribution in [0.3, 0.4) is 0 Å². The van der Waals surface area contributed by atoms with Crippen LogP contribution < -0.4 is 27.6 Å². The number of carbonyl (C=O) groups excluding carboxylic acids is 3. The van der Waals surface area contributed by atoms with Crippen molar-refractivity contribution in [1.29, 1.82) is 0 Å². The summed E-state index contributed by atoms with van der Waals surface area (Å²) in [5.74, 6) is -1.54. The molecule has 4 rings (SSSR count). The Morgan fingerprint density at radius 2 is 1.83 bits per heavy atom. The maximum Gasteiger partial charge on any atom is 0.505 e. The molecule has 4 heterocycles. The van der Waals surface area contributed by atoms with Crippen molar-refractivity contribution in [2.45, 2.75) is 134 Å². The quantitative estimate of drug-likeness (QED) is 0.141. The molecule has 0 aliphatic carbocycles. The second-order valence-corrected chi connectivity index (χ2v) is 12.1. The van der Waals surface area contributed by atoms with Gasteiger partial charge >= 0.3 is 11.8 Å². The highest BCUT2D eigenvalue weighted by Crippen LogP contribution is 2.31. The fourth-order valence-electron chi connectivity index (χ4n) is 5.65. The highest BCUT2D eigenvalue weighted by Gasteiger charge is 2.39. The summed E-state index contributed by atoms with van der Waals surface area (Å²) in [6.45, 7) is 4.44. The number of nitrogens with zero attached hydrogens (tertiary/aromatic N) is 1. The van der Waals surface area contributed by atoms with Gasteiger partial charge in [0.2, 0.25) is 18.1 Å². The number of carboxylic acid groups (broad SMARTS) is 1. The number of aromatic amines is 1. The molecule has 1 aromatic rings. The molecule has 2 saturated heterocycles. The summed E-state index contributed by atoms with van der Waals surface area (Å²) in [5.41, 5.74) is 4.42. The number of H-pyrrole nitrogens is 1. The lowest BCUT2D eigenvalue weighted by Crippen LogP contribution is -2.48. The van der Waals surface area contributed by atoms with Crippen LogP contribution >= 0.6 is 0 Å². The van der Waals surface area contributed by atoms with E-state index < -0.39 is 60.0 Å². The predicted octanol–water partition coefficient (Wildman–Crippen LogP) is 2.32. The first kappa shape index (κ1) is 38.3. The Hall–Kier alpha value is -4.18. The monoisotopic (exact) mass is 679 g/mol. The van der Waals surface area contributed by atoms with Crippen molar-refractivity contribution in [3.05, 3.63) is 44.9 Å². The normalized spacial score (nSPS) is 24.4. The largest absolute Gasteiger partial charge is 0.505 e. The van der Waals surface area contributed by atoms with Crippen molar-refractivity contribution in [1.82, 2.24) is 20.2 Å². The van der Waals surface area contributed by atoms with E-state index in [1.807, 2.05) is 6.92 Å². The molecule has 0 spiro atoms. The smallest absolute Gasteiger partial charge is 0.459 e. The number of carbonyl (C=O) groups is 4. The van der Waals surface area contributed by atoms with E-state index in [9.17, 15) is 28.8 Å². The summed E-state index contributed by atoms with van der Waals surface area (Å²) >= 11 is 0. The molecule has 3 aliphatic heterocycles. The maximum absolute atomic E-state index is 12.8. The zero-order valence-electron chi connectivity index (χ0n) is 27.6. The summed E-state index contributed by atoms with van der Waals surface area (Å²) < 4.78 is 23.0. The van der Waals surface area contributed by atoms with E-state index in [1.165, 1.54) is 42.5 Å². The average Bonchev–Trinajstić information content (AvgIpc) is 3.46. The SMILES string of the molecule is CC1CCCC(NC(=O)C2=CCCC(OC(C(N)=O)C3CCC(n4ccc(=O)[nH]c4=O)O3)O2)C(=O)N1.CCCCCCCCOC(=O)O. The maximum atomic E-state index is 12.8. The van der Waals surface area contributed by atoms with Gasteiger partial charge < -0.3 is 40.4 Å². The number of allylic oxidation sites excluding steroid dienone is 1. The van der Waals surface area contributed by atoms with Crippen molar-refractivity contribution in [3.63, 3.8) is 0 Å². The summed E-state index contributed by atoms with van der Waals surface area (Å²) in [7, 11) is 0. The Labute approximate surface area is 278 Å². The Bertz CT molecular complexity index is 1380. The zero-order chi connectivity index (χ0) is 35.1. The van der Waals surface area contributed by atoms with Crippen LogP contribution in [0.4, 0.5) is 4.79 Å². The van der Waals surface area contributed by atoms with Crippen LogP contribution in [0.1, 0.15) is 104 Å². The van der Waals surface area contributed by atoms with Gasteiger partial charge in [0, 0.05) is 24.7 Å². The molecule has 48 heavy (non-hydrogen) atoms. The molecule has 0 radical (unpaired) electrons. The van der Waals surface area contributed by atoms with Crippen LogP contribution in [-0.2, 0) is 33.3 Å². The van der Waals surface area contributed by atoms with Gasteiger partial charge in [0.25, 0.3) is 11.5 Å². The van der Waals surface area contributed by atoms with Crippen LogP contribution in [0, 0.1) is 0 Å². The zero-order valence-corrected chi connectivity index (χ0v) is 27.6. The van der Waals surface area contributed by atoms with E-state index >= 15 is 0 Å². The second-order valence-electron chi connectivity index (χ2n) is 12.1. The van der Waals surface area contributed by atoms with Gasteiger partial charge in [0.15, 0.2) is 11.9 Å². The minimum Gasteiger partial charge on any atom is -0.459 e. The number of rotatable bonds is 14. The Morgan fingerprint density at radius 3 is 2.54 bits per heavy atom. The fourth-order valence-corrected chi connectivity index (χ4v) is 5.65. The molecular weight excluding hydrogens is 630 g/mol. The third-order valence-corrected chi connectivity index (χ3v) is 8.19. The van der Waals surface area contributed by atoms with Gasteiger partial charge in [-0.05, 0) is 57.9 Å². The molecule has 1 aromatic heterocycles. The summed E-state index contributed by atoms with van der Waals surface area (Å²) in [5, 5.41) is 13.7. The third-order valence-electron chi connectivity index (χ3n) is 8.19. The van der Waals surface area contributed by atoms with Gasteiger partial charge in [-0.25, -0.2) is 9.59 Å². The van der Waals surface area contributed by atoms with E-state index in [2.05, 4.69) is 27.3 Å². The highest BCUT2D eigenvalue weighted by atomic mass is 16.7. The van der Waals surface area contributed by atoms with Gasteiger partial charge in [-0.15, -0.1) is 0 Å². The summed E-state index contributed by atoms with van der Waals surface area (Å²) in [6, 6.07) is 0.592. The molecule has 268 valence electrons. The van der Waals surface area contributed by atoms with E-state index in [0.29, 0.717) is 38.7 Å². The van der Waals surface area contributed by atoms with E-state index in [-0.39, 0.29) is 17.7 Å². The molecule has 16 heteroatoms. The van der Waals surface area contributed by atoms with Gasteiger partial charge in [-0.1, -0.05) is 39.0 Å². The lowest BCUT2D eigenvalue weighted by molar-refractivity contribution is -0.195. The minimum atomic E-state index is -1.19. The first-order valence-electron chi connectivity index (χ1n) is 16.7. The molecule has 6 N–H and O–H groups in total. The number of aromatic nitrogens is 2. The molecule has 0 bridgehead atoms. The lowest BCUT2D eigenvalue weighted by Gasteiger charge is -2.30. The first-order valence-corrected chi connectivity index (χ1v) is 16.7. The van der Waals surface area contributed by atoms with Crippen LogP contribution in [0.15, 0.2) is 33.7 Å². The van der Waals surface area contributed by atoms with E-state index in [0.717, 1.165) is 25.7 Å². The van der Waals surface area contributed by atoms with Crippen LogP contribution in [0.2, 0.25) is 0 Å². The summed E-state index contributed by atoms with van der Waals surface area (Å²) in [4.78, 5) is 72.7. The Kier molecular flexibility index (Phi) is 15.6. The summed E-state index contributed by atoms with van der Waals surface area (Å²) in [6.07, 6.45) is 8.83. The number of ether oxygens (including phenoxy) is 4. The number of unbranched alkanes of at least 4 members (excludes halogenated alkanes) is 5. The molecule has 3 amide bonds. The molecule has 0 aromatic carbocycles. The van der Waals surface area contributed by atoms with E-state index in [1.54, 1.807) is 6.08 Å². The van der Waals surface area contributed by atoms with Gasteiger partial charge in [-0.2, -0.15) is 0 Å². The Balaban J connectivity index is 0.000000444. The van der Waals surface area contributed by atoms with Gasteiger partial charge in [0.1, 0.15) is 12.3 Å². The molecule has 3 aliphatic rings. The number of amides is 3. The number of nitrogens with two attached hydrogens (primary N) is 1. The average molecular weight is 680 g/mol. The molecular formula is C32H49N5O11. The lowest BCUT2D eigenvalue weighted by atomic mass is 10.1. The van der Waals surface area contributed by atoms with Gasteiger partial charge in [0.05, 0.1) is 12.7 Å². The molecule has 2 fully saturated rings. The standard InChI is InChI=1S/C23H31N5O8.C9H18O3/c1-12-4-2-5-13(21(31)25-12)26-22(32)15-6-3-7-18(35-15)36-19(20(24)30)14-8-9-17(34-14)28-11-10-16(29)27-23(28)33;1-2-3-4-5-6-7-8-12-9(10)11/h6,10-14,17-19H,2-5,7-9H2,1H3,(H2,24,30)(H,25,31)(H,26,32)(H,27,29,33);2-8H2,1H3,(H,10,11). The minimum absolute atomic E-state index is 0.00424. The van der Waals surface area contributed by atoms with Crippen molar-refractivity contribution in [2.75, 3.05) is 6.61 Å². The van der Waals surface area contributed by atoms with Crippen LogP contribution in [-0.4, -0.2) is 75.7 Å². The number of hydrogen-bond donors (Lipinski definition) is 5. The van der Waals surface area contributed by atoms with Gasteiger partial charge in [-0.3, -0.25) is 28.7 Å². The fraction of sp³-hybridized carbons (Fsp3) is 0.688. The highest BCUT2D eigenvalue weighted by molar-refractivity contribution is 5.95. The topological polar surface area (TPSA) is 230 Å². The van der Waals surface area contributed by atoms with Crippen molar-refractivity contribution >= 4 is 23.9 Å². The molecule has 16 nitrogen and oxygen atoms in total. The Morgan fingerprint density at radius 1 is 1.08 bits per heavy atom. The van der Waals surface area contributed by atoms with Crippen molar-refractivity contribution in [2.24, 2.45) is 5.73 Å². The van der Waals surface area contributed by atoms with Crippen LogP contribution in [0.5, 0.6) is 0 Å².